The summed E-state index contributed by atoms with van der Waals surface area (Å²) in [5, 5.41) is 10.7. The molecule has 2 atom stereocenters. The Labute approximate surface area is 104 Å². The van der Waals surface area contributed by atoms with Crippen LogP contribution >= 0.6 is 0 Å². The third kappa shape index (κ3) is 2.13. The van der Waals surface area contributed by atoms with Crippen molar-refractivity contribution in [1.82, 2.24) is 0 Å². The van der Waals surface area contributed by atoms with Crippen LogP contribution in [-0.4, -0.2) is 24.5 Å². The van der Waals surface area contributed by atoms with Gasteiger partial charge in [0.15, 0.2) is 0 Å². The number of methoxy groups -OCH3 is 1. The van der Waals surface area contributed by atoms with Crippen LogP contribution in [0.4, 0.5) is 0 Å². The van der Waals surface area contributed by atoms with E-state index in [2.05, 4.69) is 0 Å². The van der Waals surface area contributed by atoms with Gasteiger partial charge in [0.1, 0.15) is 11.5 Å². The molecule has 2 rings (SSSR count). The normalized spacial score (nSPS) is 22.0. The molecule has 0 bridgehead atoms. The van der Waals surface area contributed by atoms with Crippen LogP contribution in [0.15, 0.2) is 18.2 Å². The van der Waals surface area contributed by atoms with Crippen LogP contribution in [0.1, 0.15) is 18.4 Å². The van der Waals surface area contributed by atoms with E-state index in [1.165, 1.54) is 7.11 Å². The second-order valence-electron chi connectivity index (χ2n) is 4.24. The molecular weight excluding hydrogens is 238 g/mol. The molecule has 0 aliphatic carbocycles. The molecule has 0 amide bonds. The SMILES string of the molecule is COc1ccc2c(c1)[C@H](C[N+](=O)[O-])[C@H](C)C(=O)O2. The molecule has 6 heteroatoms. The molecule has 0 saturated heterocycles. The summed E-state index contributed by atoms with van der Waals surface area (Å²) in [5.41, 5.74) is 0.651. The van der Waals surface area contributed by atoms with Gasteiger partial charge in [0.2, 0.25) is 6.54 Å². The fourth-order valence-electron chi connectivity index (χ4n) is 2.09. The van der Waals surface area contributed by atoms with Gasteiger partial charge in [0, 0.05) is 10.5 Å². The zero-order chi connectivity index (χ0) is 13.3. The van der Waals surface area contributed by atoms with E-state index in [9.17, 15) is 14.9 Å². The highest BCUT2D eigenvalue weighted by Crippen LogP contribution is 2.39. The van der Waals surface area contributed by atoms with Gasteiger partial charge in [0.25, 0.3) is 0 Å². The average molecular weight is 251 g/mol. The van der Waals surface area contributed by atoms with Crippen LogP contribution < -0.4 is 9.47 Å². The molecule has 0 saturated carbocycles. The Morgan fingerprint density at radius 2 is 2.22 bits per heavy atom. The largest absolute Gasteiger partial charge is 0.497 e. The van der Waals surface area contributed by atoms with Crippen LogP contribution in [0.25, 0.3) is 0 Å². The highest BCUT2D eigenvalue weighted by Gasteiger charge is 2.37. The predicted molar refractivity (Wildman–Crippen MR) is 62.4 cm³/mol. The van der Waals surface area contributed by atoms with E-state index in [1.807, 2.05) is 0 Å². The number of ether oxygens (including phenoxy) is 2. The number of hydrogen-bond acceptors (Lipinski definition) is 5. The molecule has 1 aromatic carbocycles. The highest BCUT2D eigenvalue weighted by molar-refractivity contribution is 5.79. The van der Waals surface area contributed by atoms with E-state index in [0.29, 0.717) is 17.1 Å². The zero-order valence-corrected chi connectivity index (χ0v) is 10.1. The molecule has 0 radical (unpaired) electrons. The fourth-order valence-corrected chi connectivity index (χ4v) is 2.09. The number of nitro groups is 1. The Kier molecular flexibility index (Phi) is 3.18. The van der Waals surface area contributed by atoms with Gasteiger partial charge in [-0.2, -0.15) is 0 Å². The summed E-state index contributed by atoms with van der Waals surface area (Å²) in [4.78, 5) is 21.9. The number of rotatable bonds is 3. The lowest BCUT2D eigenvalue weighted by molar-refractivity contribution is -0.484. The average Bonchev–Trinajstić information content (AvgIpc) is 2.34. The van der Waals surface area contributed by atoms with Crippen molar-refractivity contribution < 1.29 is 19.2 Å². The van der Waals surface area contributed by atoms with Gasteiger partial charge in [-0.1, -0.05) is 6.92 Å². The Bertz CT molecular complexity index is 499. The van der Waals surface area contributed by atoms with Crippen LogP contribution in [0.2, 0.25) is 0 Å². The third-order valence-electron chi connectivity index (χ3n) is 3.15. The van der Waals surface area contributed by atoms with E-state index in [0.717, 1.165) is 0 Å². The van der Waals surface area contributed by atoms with Crippen molar-refractivity contribution in [3.63, 3.8) is 0 Å². The molecule has 6 nitrogen and oxygen atoms in total. The van der Waals surface area contributed by atoms with Gasteiger partial charge in [-0.3, -0.25) is 14.9 Å². The number of benzene rings is 1. The number of esters is 1. The molecule has 96 valence electrons. The Morgan fingerprint density at radius 3 is 2.83 bits per heavy atom. The summed E-state index contributed by atoms with van der Waals surface area (Å²) >= 11 is 0. The number of carbonyl (C=O) groups excluding carboxylic acids is 1. The van der Waals surface area contributed by atoms with Gasteiger partial charge in [-0.25, -0.2) is 0 Å². The van der Waals surface area contributed by atoms with Crippen LogP contribution in [-0.2, 0) is 4.79 Å². The smallest absolute Gasteiger partial charge is 0.314 e. The summed E-state index contributed by atoms with van der Waals surface area (Å²) in [6, 6.07) is 4.95. The van der Waals surface area contributed by atoms with Crippen molar-refractivity contribution in [3.05, 3.63) is 33.9 Å². The molecule has 1 aliphatic heterocycles. The molecule has 0 spiro atoms. The minimum absolute atomic E-state index is 0.295. The summed E-state index contributed by atoms with van der Waals surface area (Å²) in [5.74, 6) is -0.473. The number of carbonyl (C=O) groups is 1. The van der Waals surface area contributed by atoms with E-state index in [1.54, 1.807) is 25.1 Å². The van der Waals surface area contributed by atoms with Crippen molar-refractivity contribution >= 4 is 5.97 Å². The first-order valence-corrected chi connectivity index (χ1v) is 5.54. The van der Waals surface area contributed by atoms with Gasteiger partial charge in [0.05, 0.1) is 18.9 Å². The molecule has 1 aromatic rings. The van der Waals surface area contributed by atoms with Crippen molar-refractivity contribution in [3.8, 4) is 11.5 Å². The fraction of sp³-hybridized carbons (Fsp3) is 0.417. The monoisotopic (exact) mass is 251 g/mol. The molecule has 0 N–H and O–H groups in total. The summed E-state index contributed by atoms with van der Waals surface area (Å²) in [7, 11) is 1.52. The third-order valence-corrected chi connectivity index (χ3v) is 3.15. The maximum atomic E-state index is 11.6. The second kappa shape index (κ2) is 4.64. The molecule has 1 heterocycles. The lowest BCUT2D eigenvalue weighted by Gasteiger charge is -2.27. The summed E-state index contributed by atoms with van der Waals surface area (Å²) in [6.45, 7) is 1.34. The van der Waals surface area contributed by atoms with Crippen LogP contribution in [0, 0.1) is 16.0 Å². The highest BCUT2D eigenvalue weighted by atomic mass is 16.6. The number of hydrogen-bond donors (Lipinski definition) is 0. The van der Waals surface area contributed by atoms with E-state index in [4.69, 9.17) is 9.47 Å². The van der Waals surface area contributed by atoms with E-state index in [-0.39, 0.29) is 6.54 Å². The summed E-state index contributed by atoms with van der Waals surface area (Å²) < 4.78 is 10.2. The van der Waals surface area contributed by atoms with Crippen LogP contribution in [0.5, 0.6) is 11.5 Å². The second-order valence-corrected chi connectivity index (χ2v) is 4.24. The topological polar surface area (TPSA) is 78.7 Å². The standard InChI is InChI=1S/C12H13NO5/c1-7-10(6-13(15)16)9-5-8(17-2)3-4-11(9)18-12(7)14/h3-5,7,10H,6H2,1-2H3/t7-,10+/m0/s1. The maximum Gasteiger partial charge on any atom is 0.314 e. The van der Waals surface area contributed by atoms with E-state index >= 15 is 0 Å². The predicted octanol–water partition coefficient (Wildman–Crippen LogP) is 1.61. The first-order chi connectivity index (χ1) is 8.52. The Balaban J connectivity index is 2.45. The summed E-state index contributed by atoms with van der Waals surface area (Å²) in [6.07, 6.45) is 0. The van der Waals surface area contributed by atoms with Crippen molar-refractivity contribution in [2.24, 2.45) is 5.92 Å². The van der Waals surface area contributed by atoms with E-state index < -0.39 is 22.7 Å². The lowest BCUT2D eigenvalue weighted by atomic mass is 9.84. The van der Waals surface area contributed by atoms with Gasteiger partial charge < -0.3 is 9.47 Å². The number of fused-ring (bicyclic) bond motifs is 1. The molecule has 0 unspecified atom stereocenters. The minimum Gasteiger partial charge on any atom is -0.497 e. The Morgan fingerprint density at radius 1 is 1.50 bits per heavy atom. The number of nitrogens with zero attached hydrogens (tertiary/aromatic N) is 1. The molecule has 18 heavy (non-hydrogen) atoms. The first-order valence-electron chi connectivity index (χ1n) is 5.54. The van der Waals surface area contributed by atoms with Crippen molar-refractivity contribution in [1.29, 1.82) is 0 Å². The molecular formula is C12H13NO5. The van der Waals surface area contributed by atoms with Gasteiger partial charge >= 0.3 is 5.97 Å². The van der Waals surface area contributed by atoms with Crippen molar-refractivity contribution in [2.45, 2.75) is 12.8 Å². The van der Waals surface area contributed by atoms with Crippen LogP contribution in [0.3, 0.4) is 0 Å². The molecule has 1 aliphatic rings. The maximum absolute atomic E-state index is 11.6. The lowest BCUT2D eigenvalue weighted by Crippen LogP contribution is -2.33. The van der Waals surface area contributed by atoms with Gasteiger partial charge in [-0.15, -0.1) is 0 Å². The molecule has 0 aromatic heterocycles. The molecule has 0 fully saturated rings. The Hall–Kier alpha value is -2.11. The first kappa shape index (κ1) is 12.3. The minimum atomic E-state index is -0.532. The van der Waals surface area contributed by atoms with Crippen molar-refractivity contribution in [2.75, 3.05) is 13.7 Å². The quantitative estimate of drug-likeness (QED) is 0.353. The van der Waals surface area contributed by atoms with Gasteiger partial charge in [-0.05, 0) is 18.2 Å². The zero-order valence-electron chi connectivity index (χ0n) is 10.1.